The minimum Gasteiger partial charge on any atom is -0.459 e. The molecule has 16 heavy (non-hydrogen) atoms. The first-order valence-electron chi connectivity index (χ1n) is 6.64. The van der Waals surface area contributed by atoms with Crippen LogP contribution in [0.15, 0.2) is 11.6 Å². The summed E-state index contributed by atoms with van der Waals surface area (Å²) < 4.78 is 5.08. The molecule has 0 saturated carbocycles. The summed E-state index contributed by atoms with van der Waals surface area (Å²) >= 11 is 0. The molecule has 0 radical (unpaired) electrons. The van der Waals surface area contributed by atoms with Crippen molar-refractivity contribution in [3.63, 3.8) is 0 Å². The van der Waals surface area contributed by atoms with Crippen LogP contribution in [0.3, 0.4) is 0 Å². The van der Waals surface area contributed by atoms with E-state index in [-0.39, 0.29) is 12.1 Å². The van der Waals surface area contributed by atoms with Crippen LogP contribution in [0, 0.1) is 0 Å². The molecule has 0 amide bonds. The number of ether oxygens (including phenoxy) is 1. The van der Waals surface area contributed by atoms with Crippen molar-refractivity contribution in [1.82, 2.24) is 0 Å². The van der Waals surface area contributed by atoms with Crippen LogP contribution in [-0.2, 0) is 9.53 Å². The number of rotatable bonds is 7. The van der Waals surface area contributed by atoms with Crippen molar-refractivity contribution in [3.05, 3.63) is 11.6 Å². The number of hydrogen-bond donors (Lipinski definition) is 0. The van der Waals surface area contributed by atoms with Gasteiger partial charge in [-0.25, -0.2) is 4.79 Å². The number of hydrogen-bond acceptors (Lipinski definition) is 2. The molecule has 2 nitrogen and oxygen atoms in total. The van der Waals surface area contributed by atoms with Crippen molar-refractivity contribution < 1.29 is 9.53 Å². The zero-order valence-electron chi connectivity index (χ0n) is 10.6. The Labute approximate surface area is 99.1 Å². The Morgan fingerprint density at radius 2 is 1.94 bits per heavy atom. The van der Waals surface area contributed by atoms with Gasteiger partial charge in [0.1, 0.15) is 6.10 Å². The zero-order chi connectivity index (χ0) is 11.8. The Morgan fingerprint density at radius 1 is 1.25 bits per heavy atom. The highest BCUT2D eigenvalue weighted by atomic mass is 16.5. The summed E-state index contributed by atoms with van der Waals surface area (Å²) in [5.41, 5.74) is 0.890. The van der Waals surface area contributed by atoms with Gasteiger partial charge in [-0.3, -0.25) is 0 Å². The van der Waals surface area contributed by atoms with Gasteiger partial charge in [0, 0.05) is 12.0 Å². The van der Waals surface area contributed by atoms with E-state index in [0.29, 0.717) is 0 Å². The number of carbonyl (C=O) groups is 1. The summed E-state index contributed by atoms with van der Waals surface area (Å²) in [6.45, 7) is 4.18. The standard InChI is InChI=1S/C14H24O2/c1-3-4-5-6-7-8-9-10-13-11-12(2)16-14(13)15/h10,12H,3-9,11H2,1-2H3/b13-10-. The largest absolute Gasteiger partial charge is 0.459 e. The molecular formula is C14H24O2. The number of unbranched alkanes of at least 4 members (excludes halogenated alkanes) is 6. The molecule has 1 aliphatic rings. The van der Waals surface area contributed by atoms with E-state index in [1.165, 1.54) is 38.5 Å². The van der Waals surface area contributed by atoms with E-state index in [1.54, 1.807) is 0 Å². The lowest BCUT2D eigenvalue weighted by molar-refractivity contribution is -0.138. The maximum Gasteiger partial charge on any atom is 0.334 e. The molecule has 0 aromatic rings. The first-order valence-corrected chi connectivity index (χ1v) is 6.64. The van der Waals surface area contributed by atoms with E-state index >= 15 is 0 Å². The van der Waals surface area contributed by atoms with Crippen LogP contribution in [0.25, 0.3) is 0 Å². The summed E-state index contributed by atoms with van der Waals surface area (Å²) in [6.07, 6.45) is 11.8. The highest BCUT2D eigenvalue weighted by Crippen LogP contribution is 2.20. The lowest BCUT2D eigenvalue weighted by Crippen LogP contribution is -1.99. The Balaban J connectivity index is 2.06. The quantitative estimate of drug-likeness (QED) is 0.371. The number of allylic oxidation sites excluding steroid dienone is 1. The Kier molecular flexibility index (Phi) is 6.20. The van der Waals surface area contributed by atoms with Crippen LogP contribution in [0.1, 0.15) is 65.2 Å². The summed E-state index contributed by atoms with van der Waals surface area (Å²) in [5.74, 6) is -0.0986. The van der Waals surface area contributed by atoms with Gasteiger partial charge in [0.25, 0.3) is 0 Å². The third-order valence-electron chi connectivity index (χ3n) is 3.03. The Morgan fingerprint density at radius 3 is 2.56 bits per heavy atom. The zero-order valence-corrected chi connectivity index (χ0v) is 10.6. The SMILES string of the molecule is CCCCCCCC/C=C1/CC(C)OC1=O. The Bertz CT molecular complexity index is 243. The fraction of sp³-hybridized carbons (Fsp3) is 0.786. The van der Waals surface area contributed by atoms with Gasteiger partial charge in [-0.1, -0.05) is 45.1 Å². The summed E-state index contributed by atoms with van der Waals surface area (Å²) in [5, 5.41) is 0. The maximum absolute atomic E-state index is 11.3. The van der Waals surface area contributed by atoms with Crippen LogP contribution in [0.5, 0.6) is 0 Å². The third kappa shape index (κ3) is 4.82. The molecule has 0 spiro atoms. The van der Waals surface area contributed by atoms with Crippen LogP contribution in [0.4, 0.5) is 0 Å². The second-order valence-electron chi connectivity index (χ2n) is 4.71. The molecule has 1 unspecified atom stereocenters. The van der Waals surface area contributed by atoms with Crippen molar-refractivity contribution in [3.8, 4) is 0 Å². The fourth-order valence-corrected chi connectivity index (χ4v) is 2.06. The smallest absolute Gasteiger partial charge is 0.334 e. The molecule has 1 fully saturated rings. The predicted molar refractivity (Wildman–Crippen MR) is 66.2 cm³/mol. The van der Waals surface area contributed by atoms with Gasteiger partial charge in [0.15, 0.2) is 0 Å². The van der Waals surface area contributed by atoms with Gasteiger partial charge in [0.2, 0.25) is 0 Å². The summed E-state index contributed by atoms with van der Waals surface area (Å²) in [4.78, 5) is 11.3. The van der Waals surface area contributed by atoms with Crippen molar-refractivity contribution in [2.24, 2.45) is 0 Å². The van der Waals surface area contributed by atoms with Gasteiger partial charge >= 0.3 is 5.97 Å². The molecular weight excluding hydrogens is 200 g/mol. The van der Waals surface area contributed by atoms with Crippen molar-refractivity contribution >= 4 is 5.97 Å². The number of cyclic esters (lactones) is 1. The van der Waals surface area contributed by atoms with Gasteiger partial charge in [-0.15, -0.1) is 0 Å². The highest BCUT2D eigenvalue weighted by molar-refractivity contribution is 5.90. The van der Waals surface area contributed by atoms with Crippen LogP contribution < -0.4 is 0 Å². The van der Waals surface area contributed by atoms with Gasteiger partial charge < -0.3 is 4.74 Å². The van der Waals surface area contributed by atoms with Gasteiger partial charge in [-0.05, 0) is 19.8 Å². The second kappa shape index (κ2) is 7.48. The summed E-state index contributed by atoms with van der Waals surface area (Å²) in [7, 11) is 0. The third-order valence-corrected chi connectivity index (χ3v) is 3.03. The molecule has 1 heterocycles. The fourth-order valence-electron chi connectivity index (χ4n) is 2.06. The molecule has 0 N–H and O–H groups in total. The number of carbonyl (C=O) groups excluding carboxylic acids is 1. The van der Waals surface area contributed by atoms with Crippen molar-refractivity contribution in [2.45, 2.75) is 71.3 Å². The molecule has 1 atom stereocenters. The molecule has 0 bridgehead atoms. The molecule has 0 aliphatic carbocycles. The van der Waals surface area contributed by atoms with Gasteiger partial charge in [0.05, 0.1) is 0 Å². The lowest BCUT2D eigenvalue weighted by atomic mass is 10.1. The molecule has 1 aliphatic heterocycles. The molecule has 1 saturated heterocycles. The van der Waals surface area contributed by atoms with E-state index in [2.05, 4.69) is 13.0 Å². The molecule has 92 valence electrons. The average Bonchev–Trinajstić information content (AvgIpc) is 2.56. The molecule has 1 rings (SSSR count). The summed E-state index contributed by atoms with van der Waals surface area (Å²) in [6, 6.07) is 0. The minimum absolute atomic E-state index is 0.0864. The second-order valence-corrected chi connectivity index (χ2v) is 4.71. The molecule has 2 heteroatoms. The Hall–Kier alpha value is -0.790. The first-order chi connectivity index (χ1) is 7.74. The van der Waals surface area contributed by atoms with E-state index < -0.39 is 0 Å². The highest BCUT2D eigenvalue weighted by Gasteiger charge is 2.24. The minimum atomic E-state index is -0.0986. The normalized spacial score (nSPS) is 22.8. The van der Waals surface area contributed by atoms with Crippen LogP contribution in [-0.4, -0.2) is 12.1 Å². The van der Waals surface area contributed by atoms with Crippen LogP contribution in [0.2, 0.25) is 0 Å². The van der Waals surface area contributed by atoms with Crippen LogP contribution >= 0.6 is 0 Å². The van der Waals surface area contributed by atoms with Gasteiger partial charge in [-0.2, -0.15) is 0 Å². The lowest BCUT2D eigenvalue weighted by Gasteiger charge is -1.98. The average molecular weight is 224 g/mol. The number of esters is 1. The van der Waals surface area contributed by atoms with E-state index in [0.717, 1.165) is 18.4 Å². The van der Waals surface area contributed by atoms with E-state index in [9.17, 15) is 4.79 Å². The predicted octanol–water partition coefficient (Wildman–Crippen LogP) is 4.00. The molecule has 0 aromatic heterocycles. The topological polar surface area (TPSA) is 26.3 Å². The van der Waals surface area contributed by atoms with E-state index in [4.69, 9.17) is 4.74 Å². The van der Waals surface area contributed by atoms with Crippen molar-refractivity contribution in [1.29, 1.82) is 0 Å². The first kappa shape index (κ1) is 13.3. The van der Waals surface area contributed by atoms with Crippen molar-refractivity contribution in [2.75, 3.05) is 0 Å². The van der Waals surface area contributed by atoms with E-state index in [1.807, 2.05) is 6.92 Å². The maximum atomic E-state index is 11.3. The monoisotopic (exact) mass is 224 g/mol. The molecule has 0 aromatic carbocycles.